The standard InChI is InChI=1S/C17H19FN4O2/c18-12-2-3-13-14(11-20-15(13)10-12)16(17(23)24)22-8-6-21(7-9-22)5-1-4-19/h2-3,10-11,16,20H,1,5-9H2,(H,23,24)/t16-/m1/s1. The van der Waals surface area contributed by atoms with Crippen LogP contribution >= 0.6 is 0 Å². The van der Waals surface area contributed by atoms with E-state index in [1.807, 2.05) is 4.90 Å². The van der Waals surface area contributed by atoms with Crippen molar-refractivity contribution in [2.75, 3.05) is 32.7 Å². The second kappa shape index (κ2) is 6.99. The van der Waals surface area contributed by atoms with Crippen LogP contribution in [-0.2, 0) is 4.79 Å². The van der Waals surface area contributed by atoms with Gasteiger partial charge < -0.3 is 10.1 Å². The summed E-state index contributed by atoms with van der Waals surface area (Å²) in [7, 11) is 0. The minimum absolute atomic E-state index is 0.353. The van der Waals surface area contributed by atoms with Gasteiger partial charge in [0.25, 0.3) is 0 Å². The number of nitriles is 1. The molecule has 3 rings (SSSR count). The lowest BCUT2D eigenvalue weighted by atomic mass is 10.0. The third-order valence-corrected chi connectivity index (χ3v) is 4.52. The van der Waals surface area contributed by atoms with Crippen LogP contribution < -0.4 is 0 Å². The molecule has 1 aromatic heterocycles. The third-order valence-electron chi connectivity index (χ3n) is 4.52. The van der Waals surface area contributed by atoms with Gasteiger partial charge in [-0.1, -0.05) is 0 Å². The predicted octanol–water partition coefficient (Wildman–Crippen LogP) is 1.96. The summed E-state index contributed by atoms with van der Waals surface area (Å²) in [5, 5.41) is 19.1. The number of nitrogens with zero attached hydrogens (tertiary/aromatic N) is 3. The number of benzene rings is 1. The molecule has 2 heterocycles. The summed E-state index contributed by atoms with van der Waals surface area (Å²) >= 11 is 0. The number of halogens is 1. The molecule has 126 valence electrons. The zero-order chi connectivity index (χ0) is 17.1. The van der Waals surface area contributed by atoms with Crippen LogP contribution in [0.25, 0.3) is 10.9 Å². The van der Waals surface area contributed by atoms with E-state index >= 15 is 0 Å². The first kappa shape index (κ1) is 16.4. The fraction of sp³-hybridized carbons (Fsp3) is 0.412. The molecule has 7 heteroatoms. The average Bonchev–Trinajstić information content (AvgIpc) is 2.97. The second-order valence-corrected chi connectivity index (χ2v) is 5.96. The van der Waals surface area contributed by atoms with Crippen molar-refractivity contribution in [2.45, 2.75) is 12.5 Å². The molecule has 2 N–H and O–H groups in total. The highest BCUT2D eigenvalue weighted by atomic mass is 19.1. The summed E-state index contributed by atoms with van der Waals surface area (Å²) in [5.74, 6) is -1.26. The van der Waals surface area contributed by atoms with Gasteiger partial charge in [0.15, 0.2) is 0 Å². The molecule has 24 heavy (non-hydrogen) atoms. The Bertz CT molecular complexity index is 774. The predicted molar refractivity (Wildman–Crippen MR) is 86.9 cm³/mol. The lowest BCUT2D eigenvalue weighted by Gasteiger charge is -2.37. The van der Waals surface area contributed by atoms with Gasteiger partial charge in [0.2, 0.25) is 0 Å². The molecular formula is C17H19FN4O2. The Morgan fingerprint density at radius 1 is 1.38 bits per heavy atom. The highest BCUT2D eigenvalue weighted by Crippen LogP contribution is 2.30. The summed E-state index contributed by atoms with van der Waals surface area (Å²) in [4.78, 5) is 18.9. The first-order valence-corrected chi connectivity index (χ1v) is 7.93. The molecule has 0 aliphatic carbocycles. The highest BCUT2D eigenvalue weighted by Gasteiger charge is 2.32. The number of aliphatic carboxylic acids is 1. The monoisotopic (exact) mass is 330 g/mol. The maximum absolute atomic E-state index is 13.3. The van der Waals surface area contributed by atoms with Gasteiger partial charge in [0.05, 0.1) is 6.07 Å². The average molecular weight is 330 g/mol. The Balaban J connectivity index is 1.81. The van der Waals surface area contributed by atoms with Crippen LogP contribution in [0.3, 0.4) is 0 Å². The molecule has 1 aliphatic heterocycles. The maximum atomic E-state index is 13.3. The Morgan fingerprint density at radius 3 is 2.79 bits per heavy atom. The minimum Gasteiger partial charge on any atom is -0.480 e. The van der Waals surface area contributed by atoms with Crippen LogP contribution in [0.1, 0.15) is 18.0 Å². The quantitative estimate of drug-likeness (QED) is 0.876. The van der Waals surface area contributed by atoms with Gasteiger partial charge in [0.1, 0.15) is 11.9 Å². The van der Waals surface area contributed by atoms with Gasteiger partial charge in [-0.25, -0.2) is 4.39 Å². The minimum atomic E-state index is -0.911. The molecule has 0 radical (unpaired) electrons. The smallest absolute Gasteiger partial charge is 0.325 e. The van der Waals surface area contributed by atoms with Crippen molar-refractivity contribution in [1.82, 2.24) is 14.8 Å². The molecule has 0 saturated carbocycles. The van der Waals surface area contributed by atoms with Gasteiger partial charge in [-0.15, -0.1) is 0 Å². The molecule has 2 aromatic rings. The van der Waals surface area contributed by atoms with Crippen LogP contribution in [-0.4, -0.2) is 58.6 Å². The van der Waals surface area contributed by atoms with Crippen molar-refractivity contribution < 1.29 is 14.3 Å². The zero-order valence-corrected chi connectivity index (χ0v) is 13.2. The normalized spacial score (nSPS) is 17.7. The summed E-state index contributed by atoms with van der Waals surface area (Å²) in [6.45, 7) is 3.44. The third kappa shape index (κ3) is 3.25. The zero-order valence-electron chi connectivity index (χ0n) is 13.2. The van der Waals surface area contributed by atoms with Gasteiger partial charge in [-0.2, -0.15) is 5.26 Å². The number of hydrogen-bond acceptors (Lipinski definition) is 4. The SMILES string of the molecule is N#CCCN1CCN([C@@H](C(=O)O)c2c[nH]c3cc(F)ccc23)CC1. The molecule has 1 atom stereocenters. The van der Waals surface area contributed by atoms with Crippen LogP contribution in [0.4, 0.5) is 4.39 Å². The van der Waals surface area contributed by atoms with E-state index in [2.05, 4.69) is 16.0 Å². The molecule has 1 saturated heterocycles. The van der Waals surface area contributed by atoms with Crippen molar-refractivity contribution in [2.24, 2.45) is 0 Å². The first-order valence-electron chi connectivity index (χ1n) is 7.93. The van der Waals surface area contributed by atoms with E-state index in [1.54, 1.807) is 12.3 Å². The number of nitrogens with one attached hydrogen (secondary N) is 1. The summed E-state index contributed by atoms with van der Waals surface area (Å²) in [6, 6.07) is 5.71. The van der Waals surface area contributed by atoms with E-state index in [0.717, 1.165) is 18.5 Å². The largest absolute Gasteiger partial charge is 0.480 e. The van der Waals surface area contributed by atoms with E-state index in [-0.39, 0.29) is 5.82 Å². The van der Waals surface area contributed by atoms with Crippen LogP contribution in [0.2, 0.25) is 0 Å². The van der Waals surface area contributed by atoms with Gasteiger partial charge in [0, 0.05) is 61.8 Å². The molecular weight excluding hydrogens is 311 g/mol. The first-order chi connectivity index (χ1) is 11.6. The van der Waals surface area contributed by atoms with E-state index in [1.165, 1.54) is 12.1 Å². The van der Waals surface area contributed by atoms with Crippen molar-refractivity contribution in [3.8, 4) is 6.07 Å². The molecule has 1 fully saturated rings. The lowest BCUT2D eigenvalue weighted by Crippen LogP contribution is -2.49. The van der Waals surface area contributed by atoms with Crippen molar-refractivity contribution in [3.05, 3.63) is 35.8 Å². The van der Waals surface area contributed by atoms with Crippen LogP contribution in [0.15, 0.2) is 24.4 Å². The van der Waals surface area contributed by atoms with E-state index in [0.29, 0.717) is 37.1 Å². The summed E-state index contributed by atoms with van der Waals surface area (Å²) < 4.78 is 13.3. The molecule has 1 aromatic carbocycles. The summed E-state index contributed by atoms with van der Waals surface area (Å²) in [5.41, 5.74) is 1.26. The number of H-pyrrole nitrogens is 1. The number of aromatic amines is 1. The number of rotatable bonds is 5. The Hall–Kier alpha value is -2.43. The number of carboxylic acid groups (broad SMARTS) is 1. The van der Waals surface area contributed by atoms with Crippen molar-refractivity contribution >= 4 is 16.9 Å². The molecule has 0 unspecified atom stereocenters. The molecule has 0 bridgehead atoms. The van der Waals surface area contributed by atoms with Crippen LogP contribution in [0.5, 0.6) is 0 Å². The summed E-state index contributed by atoms with van der Waals surface area (Å²) in [6.07, 6.45) is 2.14. The Kier molecular flexibility index (Phi) is 4.79. The Labute approximate surface area is 139 Å². The molecule has 0 amide bonds. The number of aromatic nitrogens is 1. The number of piperazine rings is 1. The Morgan fingerprint density at radius 2 is 2.12 bits per heavy atom. The highest BCUT2D eigenvalue weighted by molar-refractivity contribution is 5.89. The fourth-order valence-electron chi connectivity index (χ4n) is 3.29. The van der Waals surface area contributed by atoms with E-state index < -0.39 is 12.0 Å². The van der Waals surface area contributed by atoms with Gasteiger partial charge in [-0.05, 0) is 18.2 Å². The maximum Gasteiger partial charge on any atom is 0.325 e. The number of fused-ring (bicyclic) bond motifs is 1. The van der Waals surface area contributed by atoms with Gasteiger partial charge >= 0.3 is 5.97 Å². The van der Waals surface area contributed by atoms with E-state index in [9.17, 15) is 14.3 Å². The second-order valence-electron chi connectivity index (χ2n) is 5.96. The molecule has 1 aliphatic rings. The van der Waals surface area contributed by atoms with Crippen LogP contribution in [0, 0.1) is 17.1 Å². The van der Waals surface area contributed by atoms with Gasteiger partial charge in [-0.3, -0.25) is 14.6 Å². The topological polar surface area (TPSA) is 83.4 Å². The number of carboxylic acids is 1. The van der Waals surface area contributed by atoms with Crippen molar-refractivity contribution in [3.63, 3.8) is 0 Å². The van der Waals surface area contributed by atoms with Crippen molar-refractivity contribution in [1.29, 1.82) is 5.26 Å². The molecule has 6 nitrogen and oxygen atoms in total. The molecule has 0 spiro atoms. The lowest BCUT2D eigenvalue weighted by molar-refractivity contribution is -0.144. The van der Waals surface area contributed by atoms with E-state index in [4.69, 9.17) is 5.26 Å². The number of hydrogen-bond donors (Lipinski definition) is 2. The fourth-order valence-corrected chi connectivity index (χ4v) is 3.29. The number of carbonyl (C=O) groups is 1.